The summed E-state index contributed by atoms with van der Waals surface area (Å²) >= 11 is 0. The van der Waals surface area contributed by atoms with Crippen LogP contribution in [0.2, 0.25) is 0 Å². The molecule has 6 atom stereocenters. The van der Waals surface area contributed by atoms with E-state index in [1.54, 1.807) is 26.8 Å². The molecular weight excluding hydrogens is 646 g/mol. The lowest BCUT2D eigenvalue weighted by molar-refractivity contribution is -0.145. The van der Waals surface area contributed by atoms with Crippen molar-refractivity contribution >= 4 is 39.4 Å². The number of sulfone groups is 1. The second-order valence-electron chi connectivity index (χ2n) is 18.1. The summed E-state index contributed by atoms with van der Waals surface area (Å²) in [5.74, 6) is -3.03. The predicted molar refractivity (Wildman–Crippen MR) is 186 cm³/mol. The van der Waals surface area contributed by atoms with Gasteiger partial charge in [0.2, 0.25) is 17.6 Å². The number of rotatable bonds is 11. The van der Waals surface area contributed by atoms with E-state index >= 15 is 0 Å². The molecule has 0 aromatic carbocycles. The number of urea groups is 1. The van der Waals surface area contributed by atoms with Gasteiger partial charge in [0.25, 0.3) is 5.91 Å². The summed E-state index contributed by atoms with van der Waals surface area (Å²) in [4.78, 5) is 70.1. The average molecular weight is 704 g/mol. The average Bonchev–Trinajstić information content (AvgIpc) is 3.93. The van der Waals surface area contributed by atoms with Gasteiger partial charge in [-0.25, -0.2) is 13.2 Å². The van der Waals surface area contributed by atoms with Crippen molar-refractivity contribution in [2.45, 2.75) is 141 Å². The van der Waals surface area contributed by atoms with Crippen LogP contribution in [0.25, 0.3) is 0 Å². The number of Topliss-reactive ketones (excluding diaryl/α,β-unsaturated/α-hetero) is 1. The van der Waals surface area contributed by atoms with Gasteiger partial charge in [-0.15, -0.1) is 6.58 Å². The van der Waals surface area contributed by atoms with Crippen molar-refractivity contribution in [2.24, 2.45) is 28.6 Å². The largest absolute Gasteiger partial charge is 0.347 e. The number of carbonyl (C=O) groups is 5. The standard InChI is InChI=1S/C36H57N5O7S/c1-10-21-18-36(21,27(42)29(44)37-22-14-15-22)39-28(43)25-24-23(34(24,8)9)19-41(25)30(45)26(32(2,3)4)38-31(46)40-35(16-12-11-13-17-35)20-49(47,48)33(5,6)7/h10,21-26H,1,11-20H2,2-9H3,(H,37,44)(H,39,43)(H2,38,40,46)/t21?,23-,24-,25-,26+,36?/m0/s1. The summed E-state index contributed by atoms with van der Waals surface area (Å²) in [5.41, 5.74) is -3.33. The van der Waals surface area contributed by atoms with Crippen LogP contribution in [0.5, 0.6) is 0 Å². The van der Waals surface area contributed by atoms with Crippen LogP contribution < -0.4 is 21.3 Å². The Balaban J connectivity index is 1.35. The van der Waals surface area contributed by atoms with E-state index in [0.29, 0.717) is 19.4 Å². The van der Waals surface area contributed by atoms with Gasteiger partial charge < -0.3 is 26.2 Å². The quantitative estimate of drug-likeness (QED) is 0.189. The first kappa shape index (κ1) is 37.3. The molecule has 4 N–H and O–H groups in total. The number of amides is 5. The molecule has 5 amide bonds. The van der Waals surface area contributed by atoms with Crippen molar-refractivity contribution in [2.75, 3.05) is 12.3 Å². The van der Waals surface area contributed by atoms with Crippen LogP contribution in [0.3, 0.4) is 0 Å². The molecule has 5 fully saturated rings. The minimum atomic E-state index is -3.56. The van der Waals surface area contributed by atoms with Crippen molar-refractivity contribution in [3.05, 3.63) is 12.7 Å². The molecule has 0 bridgehead atoms. The highest BCUT2D eigenvalue weighted by molar-refractivity contribution is 7.92. The minimum absolute atomic E-state index is 0.0176. The maximum Gasteiger partial charge on any atom is 0.315 e. The van der Waals surface area contributed by atoms with Gasteiger partial charge in [-0.2, -0.15) is 0 Å². The third kappa shape index (κ3) is 7.15. The Bertz CT molecular complexity index is 1520. The first-order valence-corrected chi connectivity index (χ1v) is 19.6. The van der Waals surface area contributed by atoms with Gasteiger partial charge in [0, 0.05) is 18.5 Å². The lowest BCUT2D eigenvalue weighted by Crippen LogP contribution is -2.64. The zero-order valence-electron chi connectivity index (χ0n) is 30.5. The van der Waals surface area contributed by atoms with E-state index in [2.05, 4.69) is 41.7 Å². The molecule has 49 heavy (non-hydrogen) atoms. The van der Waals surface area contributed by atoms with E-state index in [1.807, 2.05) is 20.8 Å². The van der Waals surface area contributed by atoms with Gasteiger partial charge >= 0.3 is 6.03 Å². The molecule has 274 valence electrons. The highest BCUT2D eigenvalue weighted by Crippen LogP contribution is 2.65. The molecule has 4 aliphatic carbocycles. The molecule has 0 aromatic heterocycles. The second kappa shape index (κ2) is 12.4. The van der Waals surface area contributed by atoms with Gasteiger partial charge in [0.05, 0.1) is 16.0 Å². The number of nitrogens with zero attached hydrogens (tertiary/aromatic N) is 1. The van der Waals surface area contributed by atoms with E-state index < -0.39 is 78.6 Å². The van der Waals surface area contributed by atoms with Crippen molar-refractivity contribution in [1.82, 2.24) is 26.2 Å². The lowest BCUT2D eigenvalue weighted by atomic mass is 9.83. The van der Waals surface area contributed by atoms with E-state index in [0.717, 1.165) is 32.1 Å². The predicted octanol–water partition coefficient (Wildman–Crippen LogP) is 3.01. The zero-order chi connectivity index (χ0) is 36.5. The fraction of sp³-hybridized carbons (Fsp3) is 0.806. The number of hydrogen-bond acceptors (Lipinski definition) is 7. The van der Waals surface area contributed by atoms with Crippen LogP contribution in [0.15, 0.2) is 12.7 Å². The molecule has 4 saturated carbocycles. The summed E-state index contributed by atoms with van der Waals surface area (Å²) in [6.45, 7) is 18.7. The molecule has 13 heteroatoms. The first-order valence-electron chi connectivity index (χ1n) is 17.9. The van der Waals surface area contributed by atoms with Gasteiger partial charge in [0.1, 0.15) is 17.6 Å². The Kier molecular flexibility index (Phi) is 9.42. The fourth-order valence-corrected chi connectivity index (χ4v) is 9.68. The van der Waals surface area contributed by atoms with E-state index in [1.165, 1.54) is 4.90 Å². The third-order valence-corrected chi connectivity index (χ3v) is 14.7. The molecule has 2 unspecified atom stereocenters. The Hall–Kier alpha value is -2.96. The zero-order valence-corrected chi connectivity index (χ0v) is 31.3. The number of fused-ring (bicyclic) bond motifs is 1. The number of nitrogens with one attached hydrogen (secondary N) is 4. The Morgan fingerprint density at radius 3 is 2.08 bits per heavy atom. The van der Waals surface area contributed by atoms with Gasteiger partial charge in [0.15, 0.2) is 9.84 Å². The van der Waals surface area contributed by atoms with Crippen molar-refractivity contribution in [3.63, 3.8) is 0 Å². The highest BCUT2D eigenvalue weighted by Gasteiger charge is 2.71. The van der Waals surface area contributed by atoms with Crippen LogP contribution in [0, 0.1) is 28.6 Å². The fourth-order valence-electron chi connectivity index (χ4n) is 8.16. The van der Waals surface area contributed by atoms with Gasteiger partial charge in [-0.3, -0.25) is 19.2 Å². The number of likely N-dealkylation sites (tertiary alicyclic amines) is 1. The third-order valence-electron chi connectivity index (χ3n) is 11.9. The van der Waals surface area contributed by atoms with E-state index in [9.17, 15) is 32.4 Å². The van der Waals surface area contributed by atoms with Crippen LogP contribution >= 0.6 is 0 Å². The van der Waals surface area contributed by atoms with Crippen molar-refractivity contribution < 1.29 is 32.4 Å². The number of piperidine rings is 1. The molecule has 5 rings (SSSR count). The topological polar surface area (TPSA) is 171 Å². The summed E-state index contributed by atoms with van der Waals surface area (Å²) < 4.78 is 25.6. The van der Waals surface area contributed by atoms with Gasteiger partial charge in [-0.1, -0.05) is 60.0 Å². The maximum absolute atomic E-state index is 14.5. The summed E-state index contributed by atoms with van der Waals surface area (Å²) in [6, 6.07) is -2.57. The molecule has 5 aliphatic rings. The monoisotopic (exact) mass is 703 g/mol. The van der Waals surface area contributed by atoms with Crippen LogP contribution in [0.1, 0.15) is 107 Å². The summed E-state index contributed by atoms with van der Waals surface area (Å²) in [6.07, 6.45) is 7.02. The molecule has 0 spiro atoms. The SMILES string of the molecule is C=CC1CC1(NC(=O)[C@@H]1[C@@H]2[C@H](CN1C(=O)[C@@H](NC(=O)NC1(CS(=O)(=O)C(C)(C)C)CCCCC1)C(C)(C)C)C2(C)C)C(=O)C(=O)NC1CC1. The second-order valence-corrected chi connectivity index (χ2v) is 20.8. The molecule has 1 aliphatic heterocycles. The number of ketones is 1. The summed E-state index contributed by atoms with van der Waals surface area (Å²) in [5, 5.41) is 11.5. The molecular formula is C36H57N5O7S. The molecule has 12 nitrogen and oxygen atoms in total. The Morgan fingerprint density at radius 2 is 1.57 bits per heavy atom. The Labute approximate surface area is 291 Å². The highest BCUT2D eigenvalue weighted by atomic mass is 32.2. The molecule has 0 radical (unpaired) electrons. The normalized spacial score (nSPS) is 30.7. The van der Waals surface area contributed by atoms with E-state index in [-0.39, 0.29) is 35.5 Å². The van der Waals surface area contributed by atoms with Gasteiger partial charge in [-0.05, 0) is 75.5 Å². The lowest BCUT2D eigenvalue weighted by Gasteiger charge is -2.41. The summed E-state index contributed by atoms with van der Waals surface area (Å²) in [7, 11) is -3.56. The van der Waals surface area contributed by atoms with Crippen LogP contribution in [-0.4, -0.2) is 89.1 Å². The number of carbonyl (C=O) groups excluding carboxylic acids is 5. The van der Waals surface area contributed by atoms with Crippen LogP contribution in [0.4, 0.5) is 4.79 Å². The first-order chi connectivity index (χ1) is 22.5. The van der Waals surface area contributed by atoms with Crippen molar-refractivity contribution in [1.29, 1.82) is 0 Å². The Morgan fingerprint density at radius 1 is 0.959 bits per heavy atom. The van der Waals surface area contributed by atoms with Crippen molar-refractivity contribution in [3.8, 4) is 0 Å². The maximum atomic E-state index is 14.5. The molecule has 1 heterocycles. The minimum Gasteiger partial charge on any atom is -0.347 e. The van der Waals surface area contributed by atoms with Crippen LogP contribution in [-0.2, 0) is 29.0 Å². The molecule has 0 aromatic rings. The number of hydrogen-bond donors (Lipinski definition) is 4. The van der Waals surface area contributed by atoms with E-state index in [4.69, 9.17) is 0 Å². The molecule has 1 saturated heterocycles. The smallest absolute Gasteiger partial charge is 0.315 e.